The number of nitrogens with zero attached hydrogens (tertiary/aromatic N) is 4. The van der Waals surface area contributed by atoms with Crippen LogP contribution in [0.25, 0.3) is 11.0 Å². The molecule has 0 N–H and O–H groups in total. The average molecular weight is 406 g/mol. The van der Waals surface area contributed by atoms with Gasteiger partial charge in [-0.3, -0.25) is 24.0 Å². The lowest BCUT2D eigenvalue weighted by atomic mass is 10.2. The summed E-state index contributed by atoms with van der Waals surface area (Å²) in [7, 11) is 0. The Bertz CT molecular complexity index is 1380. The third-order valence-corrected chi connectivity index (χ3v) is 4.70. The van der Waals surface area contributed by atoms with E-state index in [9.17, 15) is 24.1 Å². The Morgan fingerprint density at radius 1 is 0.933 bits per heavy atom. The SMILES string of the molecule is O=c1c2ncccc2n(Cc2cccc([N+](=O)[O-])c2)c(=O)n1Cc1ccc(F)cc1. The first-order valence-electron chi connectivity index (χ1n) is 9.00. The van der Waals surface area contributed by atoms with Crippen molar-refractivity contribution in [1.29, 1.82) is 0 Å². The van der Waals surface area contributed by atoms with Crippen molar-refractivity contribution in [1.82, 2.24) is 14.1 Å². The van der Waals surface area contributed by atoms with Crippen molar-refractivity contribution in [2.75, 3.05) is 0 Å². The Labute approximate surface area is 168 Å². The van der Waals surface area contributed by atoms with Gasteiger partial charge in [-0.05, 0) is 35.4 Å². The predicted molar refractivity (Wildman–Crippen MR) is 108 cm³/mol. The summed E-state index contributed by atoms with van der Waals surface area (Å²) in [5.41, 5.74) is 0.296. The van der Waals surface area contributed by atoms with Gasteiger partial charge in [-0.2, -0.15) is 0 Å². The van der Waals surface area contributed by atoms with Crippen LogP contribution in [0.1, 0.15) is 11.1 Å². The van der Waals surface area contributed by atoms with Gasteiger partial charge >= 0.3 is 5.69 Å². The van der Waals surface area contributed by atoms with E-state index < -0.39 is 22.0 Å². The summed E-state index contributed by atoms with van der Waals surface area (Å²) in [6.07, 6.45) is 1.45. The lowest BCUT2D eigenvalue weighted by molar-refractivity contribution is -0.384. The van der Waals surface area contributed by atoms with Crippen molar-refractivity contribution in [3.05, 3.63) is 115 Å². The number of benzene rings is 2. The van der Waals surface area contributed by atoms with E-state index in [4.69, 9.17) is 0 Å². The zero-order chi connectivity index (χ0) is 21.3. The number of nitro benzene ring substituents is 1. The van der Waals surface area contributed by atoms with Crippen molar-refractivity contribution in [3.8, 4) is 0 Å². The van der Waals surface area contributed by atoms with Crippen LogP contribution >= 0.6 is 0 Å². The maximum atomic E-state index is 13.2. The molecule has 0 saturated heterocycles. The minimum Gasteiger partial charge on any atom is -0.287 e. The molecule has 0 amide bonds. The molecule has 30 heavy (non-hydrogen) atoms. The minimum atomic E-state index is -0.587. The first kappa shape index (κ1) is 19.2. The van der Waals surface area contributed by atoms with Crippen LogP contribution in [-0.4, -0.2) is 19.0 Å². The van der Waals surface area contributed by atoms with E-state index in [0.29, 0.717) is 16.6 Å². The lowest BCUT2D eigenvalue weighted by Gasteiger charge is -2.14. The smallest absolute Gasteiger partial charge is 0.287 e. The number of nitro groups is 1. The van der Waals surface area contributed by atoms with E-state index in [-0.39, 0.29) is 24.3 Å². The van der Waals surface area contributed by atoms with Gasteiger partial charge in [0.05, 0.1) is 23.5 Å². The summed E-state index contributed by atoms with van der Waals surface area (Å²) in [6.45, 7) is -0.0359. The van der Waals surface area contributed by atoms with Gasteiger partial charge in [-0.25, -0.2) is 14.2 Å². The minimum absolute atomic E-state index is 0.0202. The fraction of sp³-hybridized carbons (Fsp3) is 0.0952. The van der Waals surface area contributed by atoms with Crippen LogP contribution in [0.2, 0.25) is 0 Å². The van der Waals surface area contributed by atoms with Crippen LogP contribution in [0.4, 0.5) is 10.1 Å². The molecule has 0 saturated carbocycles. The highest BCUT2D eigenvalue weighted by Gasteiger charge is 2.15. The fourth-order valence-electron chi connectivity index (χ4n) is 3.26. The lowest BCUT2D eigenvalue weighted by Crippen LogP contribution is -2.40. The van der Waals surface area contributed by atoms with E-state index in [1.165, 1.54) is 53.2 Å². The highest BCUT2D eigenvalue weighted by atomic mass is 19.1. The number of rotatable bonds is 5. The predicted octanol–water partition coefficient (Wildman–Crippen LogP) is 2.70. The summed E-state index contributed by atoms with van der Waals surface area (Å²) in [6, 6.07) is 14.6. The second-order valence-corrected chi connectivity index (χ2v) is 6.68. The Morgan fingerprint density at radius 2 is 1.67 bits per heavy atom. The zero-order valence-corrected chi connectivity index (χ0v) is 15.6. The van der Waals surface area contributed by atoms with Crippen LogP contribution in [-0.2, 0) is 13.1 Å². The fourth-order valence-corrected chi connectivity index (χ4v) is 3.26. The van der Waals surface area contributed by atoms with Crippen molar-refractivity contribution in [2.45, 2.75) is 13.1 Å². The van der Waals surface area contributed by atoms with Crippen molar-refractivity contribution in [2.24, 2.45) is 0 Å². The molecule has 0 spiro atoms. The molecule has 8 nitrogen and oxygen atoms in total. The normalized spacial score (nSPS) is 11.0. The molecule has 0 aliphatic rings. The van der Waals surface area contributed by atoms with Crippen LogP contribution in [0.3, 0.4) is 0 Å². The van der Waals surface area contributed by atoms with Crippen LogP contribution < -0.4 is 11.2 Å². The number of halogens is 1. The Morgan fingerprint density at radius 3 is 2.40 bits per heavy atom. The monoisotopic (exact) mass is 406 g/mol. The Kier molecular flexibility index (Phi) is 4.93. The van der Waals surface area contributed by atoms with E-state index in [2.05, 4.69) is 4.98 Å². The molecular weight excluding hydrogens is 391 g/mol. The molecule has 4 rings (SSSR count). The number of aromatic nitrogens is 3. The van der Waals surface area contributed by atoms with E-state index in [0.717, 1.165) is 4.57 Å². The molecule has 2 aromatic carbocycles. The molecule has 0 atom stereocenters. The summed E-state index contributed by atoms with van der Waals surface area (Å²) < 4.78 is 15.6. The topological polar surface area (TPSA) is 100 Å². The molecule has 0 unspecified atom stereocenters. The van der Waals surface area contributed by atoms with Gasteiger partial charge in [0.15, 0.2) is 5.52 Å². The van der Waals surface area contributed by atoms with Crippen LogP contribution in [0.15, 0.2) is 76.4 Å². The number of hydrogen-bond acceptors (Lipinski definition) is 5. The van der Waals surface area contributed by atoms with Gasteiger partial charge in [0.2, 0.25) is 0 Å². The molecule has 4 aromatic rings. The van der Waals surface area contributed by atoms with E-state index >= 15 is 0 Å². The molecule has 0 aliphatic heterocycles. The number of hydrogen-bond donors (Lipinski definition) is 0. The first-order valence-corrected chi connectivity index (χ1v) is 9.00. The summed E-state index contributed by atoms with van der Waals surface area (Å²) in [5.74, 6) is -0.422. The molecule has 0 radical (unpaired) electrons. The molecule has 2 heterocycles. The van der Waals surface area contributed by atoms with Gasteiger partial charge in [-0.15, -0.1) is 0 Å². The Hall–Kier alpha value is -4.14. The van der Waals surface area contributed by atoms with Gasteiger partial charge in [0, 0.05) is 18.3 Å². The standard InChI is InChI=1S/C21H15FN4O4/c22-16-8-6-14(7-9-16)12-25-20(27)19-18(5-2-10-23-19)24(21(25)28)13-15-3-1-4-17(11-15)26(29)30/h1-11H,12-13H2. The summed E-state index contributed by atoms with van der Waals surface area (Å²) >= 11 is 0. The van der Waals surface area contributed by atoms with Crippen molar-refractivity contribution < 1.29 is 9.31 Å². The van der Waals surface area contributed by atoms with Crippen molar-refractivity contribution >= 4 is 16.7 Å². The largest absolute Gasteiger partial charge is 0.332 e. The maximum Gasteiger partial charge on any atom is 0.332 e. The summed E-state index contributed by atoms with van der Waals surface area (Å²) in [4.78, 5) is 40.8. The average Bonchev–Trinajstić information content (AvgIpc) is 2.75. The Balaban J connectivity index is 1.87. The molecule has 2 aromatic heterocycles. The molecule has 150 valence electrons. The van der Waals surface area contributed by atoms with Gasteiger partial charge in [0.25, 0.3) is 11.2 Å². The molecule has 0 fully saturated rings. The number of non-ortho nitro benzene ring substituents is 1. The number of fused-ring (bicyclic) bond motifs is 1. The van der Waals surface area contributed by atoms with Gasteiger partial charge < -0.3 is 0 Å². The van der Waals surface area contributed by atoms with Gasteiger partial charge in [-0.1, -0.05) is 24.3 Å². The molecule has 9 heteroatoms. The first-order chi connectivity index (χ1) is 14.4. The van der Waals surface area contributed by atoms with Crippen molar-refractivity contribution in [3.63, 3.8) is 0 Å². The highest BCUT2D eigenvalue weighted by molar-refractivity contribution is 5.73. The highest BCUT2D eigenvalue weighted by Crippen LogP contribution is 2.15. The van der Waals surface area contributed by atoms with Gasteiger partial charge in [0.1, 0.15) is 5.82 Å². The zero-order valence-electron chi connectivity index (χ0n) is 15.6. The third kappa shape index (κ3) is 3.60. The van der Waals surface area contributed by atoms with E-state index in [1.807, 2.05) is 0 Å². The molecular formula is C21H15FN4O4. The number of pyridine rings is 1. The quantitative estimate of drug-likeness (QED) is 0.375. The molecule has 0 bridgehead atoms. The second-order valence-electron chi connectivity index (χ2n) is 6.68. The van der Waals surface area contributed by atoms with E-state index in [1.54, 1.807) is 18.2 Å². The maximum absolute atomic E-state index is 13.2. The summed E-state index contributed by atoms with van der Waals surface area (Å²) in [5, 5.41) is 11.1. The molecule has 0 aliphatic carbocycles. The third-order valence-electron chi connectivity index (χ3n) is 4.70. The van der Waals surface area contributed by atoms with Crippen LogP contribution in [0.5, 0.6) is 0 Å². The second kappa shape index (κ2) is 7.70. The van der Waals surface area contributed by atoms with Crippen LogP contribution in [0, 0.1) is 15.9 Å².